The third kappa shape index (κ3) is 2.57. The van der Waals surface area contributed by atoms with Crippen LogP contribution in [0.5, 0.6) is 0 Å². The molecule has 0 aromatic heterocycles. The summed E-state index contributed by atoms with van der Waals surface area (Å²) in [6.45, 7) is 7.55. The maximum absolute atomic E-state index is 3.95. The molecule has 2 bridgehead atoms. The van der Waals surface area contributed by atoms with Crippen molar-refractivity contribution in [3.8, 4) is 0 Å². The number of nitrogens with one attached hydrogen (secondary N) is 1. The van der Waals surface area contributed by atoms with Crippen molar-refractivity contribution in [3.63, 3.8) is 0 Å². The van der Waals surface area contributed by atoms with E-state index >= 15 is 0 Å². The van der Waals surface area contributed by atoms with Gasteiger partial charge in [0.1, 0.15) is 0 Å². The summed E-state index contributed by atoms with van der Waals surface area (Å²) in [5.41, 5.74) is 0.469. The molecule has 1 aliphatic heterocycles. The van der Waals surface area contributed by atoms with Gasteiger partial charge in [-0.2, -0.15) is 0 Å². The Bertz CT molecular complexity index is 374. The Morgan fingerprint density at radius 2 is 1.90 bits per heavy atom. The lowest BCUT2D eigenvalue weighted by Gasteiger charge is -2.52. The molecular weight excluding hydrogens is 256 g/mol. The minimum absolute atomic E-state index is 0.469. The zero-order chi connectivity index (χ0) is 14.4. The number of hydrogen-bond acceptors (Lipinski definition) is 2. The Labute approximate surface area is 131 Å². The van der Waals surface area contributed by atoms with E-state index in [2.05, 4.69) is 24.1 Å². The van der Waals surface area contributed by atoms with E-state index in [0.717, 1.165) is 29.8 Å². The Balaban J connectivity index is 1.47. The summed E-state index contributed by atoms with van der Waals surface area (Å²) in [7, 11) is 0. The third-order valence-electron chi connectivity index (χ3n) is 7.57. The molecule has 5 atom stereocenters. The van der Waals surface area contributed by atoms with Crippen molar-refractivity contribution >= 4 is 0 Å². The second-order valence-electron chi connectivity index (χ2n) is 8.82. The first kappa shape index (κ1) is 14.5. The summed E-state index contributed by atoms with van der Waals surface area (Å²) in [5.74, 6) is 3.16. The minimum Gasteiger partial charge on any atom is -0.308 e. The predicted octanol–water partition coefficient (Wildman–Crippen LogP) is 3.81. The van der Waals surface area contributed by atoms with Crippen molar-refractivity contribution in [1.29, 1.82) is 0 Å². The van der Waals surface area contributed by atoms with Gasteiger partial charge in [0.15, 0.2) is 0 Å². The maximum atomic E-state index is 3.95. The lowest BCUT2D eigenvalue weighted by atomic mass is 9.77. The van der Waals surface area contributed by atoms with Crippen LogP contribution in [0.25, 0.3) is 0 Å². The zero-order valence-electron chi connectivity index (χ0n) is 14.1. The van der Waals surface area contributed by atoms with Crippen molar-refractivity contribution in [2.75, 3.05) is 13.1 Å². The predicted molar refractivity (Wildman–Crippen MR) is 88.4 cm³/mol. The van der Waals surface area contributed by atoms with Crippen LogP contribution in [0.1, 0.15) is 71.6 Å². The van der Waals surface area contributed by atoms with Crippen LogP contribution in [-0.4, -0.2) is 35.6 Å². The van der Waals surface area contributed by atoms with Crippen molar-refractivity contribution < 1.29 is 0 Å². The number of fused-ring (bicyclic) bond motifs is 2. The summed E-state index contributed by atoms with van der Waals surface area (Å²) < 4.78 is 0. The molecule has 5 unspecified atom stereocenters. The molecule has 21 heavy (non-hydrogen) atoms. The molecule has 3 saturated carbocycles. The second-order valence-corrected chi connectivity index (χ2v) is 8.82. The van der Waals surface area contributed by atoms with Crippen molar-refractivity contribution in [2.24, 2.45) is 17.8 Å². The largest absolute Gasteiger partial charge is 0.308 e. The highest BCUT2D eigenvalue weighted by Crippen LogP contribution is 2.50. The second kappa shape index (κ2) is 5.53. The molecule has 3 aliphatic carbocycles. The molecule has 0 aromatic rings. The highest BCUT2D eigenvalue weighted by Gasteiger charge is 2.46. The van der Waals surface area contributed by atoms with E-state index in [-0.39, 0.29) is 0 Å². The van der Waals surface area contributed by atoms with E-state index in [9.17, 15) is 0 Å². The Kier molecular flexibility index (Phi) is 3.82. The number of nitrogens with zero attached hydrogens (tertiary/aromatic N) is 1. The third-order valence-corrected chi connectivity index (χ3v) is 7.57. The van der Waals surface area contributed by atoms with Crippen LogP contribution in [0.2, 0.25) is 0 Å². The zero-order valence-corrected chi connectivity index (χ0v) is 14.1. The molecule has 0 amide bonds. The maximum Gasteiger partial charge on any atom is 0.0309 e. The first-order valence-electron chi connectivity index (χ1n) is 9.68. The molecule has 2 nitrogen and oxygen atoms in total. The smallest absolute Gasteiger partial charge is 0.0309 e. The van der Waals surface area contributed by atoms with E-state index in [0.29, 0.717) is 5.54 Å². The fourth-order valence-corrected chi connectivity index (χ4v) is 6.28. The summed E-state index contributed by atoms with van der Waals surface area (Å²) in [4.78, 5) is 2.91. The normalized spacial score (nSPS) is 44.3. The van der Waals surface area contributed by atoms with Crippen LogP contribution in [0.15, 0.2) is 0 Å². The molecule has 1 saturated heterocycles. The van der Waals surface area contributed by atoms with Crippen LogP contribution in [0, 0.1) is 17.8 Å². The van der Waals surface area contributed by atoms with E-state index in [4.69, 9.17) is 0 Å². The van der Waals surface area contributed by atoms with Gasteiger partial charge < -0.3 is 5.32 Å². The van der Waals surface area contributed by atoms with Gasteiger partial charge in [0.2, 0.25) is 0 Å². The first-order chi connectivity index (χ1) is 10.2. The number of hydrogen-bond donors (Lipinski definition) is 1. The molecule has 4 fully saturated rings. The first-order valence-corrected chi connectivity index (χ1v) is 9.68. The van der Waals surface area contributed by atoms with E-state index in [1.165, 1.54) is 64.5 Å². The fourth-order valence-electron chi connectivity index (χ4n) is 6.28. The van der Waals surface area contributed by atoms with Gasteiger partial charge in [-0.1, -0.05) is 25.7 Å². The monoisotopic (exact) mass is 290 g/mol. The lowest BCUT2D eigenvalue weighted by Crippen LogP contribution is -2.66. The van der Waals surface area contributed by atoms with Crippen LogP contribution in [-0.2, 0) is 0 Å². The summed E-state index contributed by atoms with van der Waals surface area (Å²) in [6.07, 6.45) is 13.3. The van der Waals surface area contributed by atoms with Gasteiger partial charge in [0.25, 0.3) is 0 Å². The molecule has 0 aromatic carbocycles. The molecule has 2 heteroatoms. The quantitative estimate of drug-likeness (QED) is 0.832. The van der Waals surface area contributed by atoms with E-state index in [1.807, 2.05) is 0 Å². The average molecular weight is 290 g/mol. The van der Waals surface area contributed by atoms with Crippen molar-refractivity contribution in [1.82, 2.24) is 10.2 Å². The Morgan fingerprint density at radius 1 is 1.10 bits per heavy atom. The highest BCUT2D eigenvalue weighted by molar-refractivity contribution is 5.02. The molecule has 1 heterocycles. The van der Waals surface area contributed by atoms with Crippen molar-refractivity contribution in [2.45, 2.75) is 89.3 Å². The Morgan fingerprint density at radius 3 is 2.57 bits per heavy atom. The summed E-state index contributed by atoms with van der Waals surface area (Å²) in [6, 6.07) is 1.54. The molecule has 4 rings (SSSR count). The van der Waals surface area contributed by atoms with Gasteiger partial charge in [0, 0.05) is 30.7 Å². The van der Waals surface area contributed by atoms with Gasteiger partial charge >= 0.3 is 0 Å². The van der Waals surface area contributed by atoms with Gasteiger partial charge in [-0.15, -0.1) is 0 Å². The van der Waals surface area contributed by atoms with Gasteiger partial charge in [-0.3, -0.25) is 4.90 Å². The minimum atomic E-state index is 0.469. The van der Waals surface area contributed by atoms with E-state index in [1.54, 1.807) is 6.42 Å². The van der Waals surface area contributed by atoms with Crippen LogP contribution >= 0.6 is 0 Å². The molecule has 0 radical (unpaired) electrons. The van der Waals surface area contributed by atoms with E-state index < -0.39 is 0 Å². The molecule has 1 N–H and O–H groups in total. The Hall–Kier alpha value is -0.0800. The van der Waals surface area contributed by atoms with Crippen LogP contribution in [0.4, 0.5) is 0 Å². The molecule has 1 spiro atoms. The van der Waals surface area contributed by atoms with Crippen molar-refractivity contribution in [3.05, 3.63) is 0 Å². The average Bonchev–Trinajstić information content (AvgIpc) is 3.13. The SMILES string of the molecule is CC1CNC2(CCCCC2)CN1C(C)C1CC2CCC1C2. The van der Waals surface area contributed by atoms with Gasteiger partial charge in [-0.25, -0.2) is 0 Å². The van der Waals surface area contributed by atoms with Gasteiger partial charge in [0.05, 0.1) is 0 Å². The van der Waals surface area contributed by atoms with Gasteiger partial charge in [-0.05, 0) is 63.7 Å². The molecular formula is C19H34N2. The fraction of sp³-hybridized carbons (Fsp3) is 1.00. The summed E-state index contributed by atoms with van der Waals surface area (Å²) in [5, 5.41) is 3.95. The number of piperazine rings is 1. The molecule has 120 valence electrons. The van der Waals surface area contributed by atoms with Crippen LogP contribution in [0.3, 0.4) is 0 Å². The van der Waals surface area contributed by atoms with Crippen LogP contribution < -0.4 is 5.32 Å². The lowest BCUT2D eigenvalue weighted by molar-refractivity contribution is 0.00715. The summed E-state index contributed by atoms with van der Waals surface area (Å²) >= 11 is 0. The number of rotatable bonds is 2. The topological polar surface area (TPSA) is 15.3 Å². The standard InChI is InChI=1S/C19H34N2/c1-14-12-20-19(8-4-3-5-9-19)13-21(14)15(2)18-11-16-6-7-17(18)10-16/h14-18,20H,3-13H2,1-2H3. The molecule has 4 aliphatic rings. The highest BCUT2D eigenvalue weighted by atomic mass is 15.3.